The molecule has 0 N–H and O–H groups in total. The van der Waals surface area contributed by atoms with Crippen LogP contribution in [0.1, 0.15) is 22.6 Å². The van der Waals surface area contributed by atoms with E-state index >= 15 is 0 Å². The summed E-state index contributed by atoms with van der Waals surface area (Å²) in [5.74, 6) is 0.963. The molecule has 2 aromatic carbocycles. The Kier molecular flexibility index (Phi) is 5.01. The zero-order chi connectivity index (χ0) is 15.9. The highest BCUT2D eigenvalue weighted by molar-refractivity contribution is 5.45. The van der Waals surface area contributed by atoms with Crippen molar-refractivity contribution in [1.29, 1.82) is 10.5 Å². The topological polar surface area (TPSA) is 66.0 Å². The van der Waals surface area contributed by atoms with Crippen molar-refractivity contribution in [1.82, 2.24) is 0 Å². The molecule has 0 fully saturated rings. The fourth-order valence-corrected chi connectivity index (χ4v) is 2.34. The minimum atomic E-state index is -0.376. The lowest BCUT2D eigenvalue weighted by molar-refractivity contribution is 0.397. The van der Waals surface area contributed by atoms with Crippen LogP contribution in [0.2, 0.25) is 0 Å². The van der Waals surface area contributed by atoms with Gasteiger partial charge in [-0.2, -0.15) is 10.5 Å². The Morgan fingerprint density at radius 3 is 2.50 bits per heavy atom. The van der Waals surface area contributed by atoms with Crippen LogP contribution in [0.25, 0.3) is 0 Å². The minimum Gasteiger partial charge on any atom is -0.497 e. The van der Waals surface area contributed by atoms with E-state index in [0.29, 0.717) is 23.5 Å². The molecule has 0 aromatic heterocycles. The summed E-state index contributed by atoms with van der Waals surface area (Å²) in [6, 6.07) is 17.1. The molecule has 110 valence electrons. The number of nitriles is 2. The van der Waals surface area contributed by atoms with E-state index in [1.807, 2.05) is 18.2 Å². The minimum absolute atomic E-state index is 0.376. The largest absolute Gasteiger partial charge is 0.497 e. The molecule has 22 heavy (non-hydrogen) atoms. The third-order valence-corrected chi connectivity index (χ3v) is 3.46. The molecule has 4 heteroatoms. The van der Waals surface area contributed by atoms with Crippen LogP contribution in [0.15, 0.2) is 42.5 Å². The van der Waals surface area contributed by atoms with E-state index in [9.17, 15) is 5.26 Å². The Hall–Kier alpha value is -2.98. The van der Waals surface area contributed by atoms with Crippen LogP contribution in [0.5, 0.6) is 11.5 Å². The fourth-order valence-electron chi connectivity index (χ4n) is 2.34. The molecular weight excluding hydrogens is 276 g/mol. The van der Waals surface area contributed by atoms with E-state index in [0.717, 1.165) is 11.1 Å². The lowest BCUT2D eigenvalue weighted by Gasteiger charge is -2.15. The van der Waals surface area contributed by atoms with Gasteiger partial charge in [-0.05, 0) is 42.3 Å². The van der Waals surface area contributed by atoms with Crippen molar-refractivity contribution < 1.29 is 9.47 Å². The second-order valence-corrected chi connectivity index (χ2v) is 4.81. The summed E-state index contributed by atoms with van der Waals surface area (Å²) in [7, 11) is 3.17. The normalized spacial score (nSPS) is 11.1. The van der Waals surface area contributed by atoms with Gasteiger partial charge in [-0.25, -0.2) is 0 Å². The number of nitrogens with zero attached hydrogens (tertiary/aromatic N) is 2. The van der Waals surface area contributed by atoms with Crippen molar-refractivity contribution in [3.8, 4) is 23.6 Å². The SMILES string of the molecule is COc1ccc(OC)c(C(C#N)Cc2cccc(C#N)c2)c1. The predicted molar refractivity (Wildman–Crippen MR) is 82.8 cm³/mol. The number of hydrogen-bond donors (Lipinski definition) is 0. The second kappa shape index (κ2) is 7.15. The van der Waals surface area contributed by atoms with Crippen LogP contribution in [0.4, 0.5) is 0 Å². The van der Waals surface area contributed by atoms with Gasteiger partial charge in [0.05, 0.1) is 37.8 Å². The van der Waals surface area contributed by atoms with Crippen LogP contribution in [-0.2, 0) is 6.42 Å². The van der Waals surface area contributed by atoms with Crippen LogP contribution in [0, 0.1) is 22.7 Å². The van der Waals surface area contributed by atoms with Gasteiger partial charge in [-0.15, -0.1) is 0 Å². The first-order valence-corrected chi connectivity index (χ1v) is 6.82. The maximum atomic E-state index is 9.54. The maximum Gasteiger partial charge on any atom is 0.123 e. The summed E-state index contributed by atoms with van der Waals surface area (Å²) in [4.78, 5) is 0. The molecule has 1 atom stereocenters. The van der Waals surface area contributed by atoms with Crippen molar-refractivity contribution in [3.63, 3.8) is 0 Å². The third-order valence-electron chi connectivity index (χ3n) is 3.46. The average molecular weight is 292 g/mol. The molecule has 0 aliphatic carbocycles. The van der Waals surface area contributed by atoms with Gasteiger partial charge in [-0.3, -0.25) is 0 Å². The quantitative estimate of drug-likeness (QED) is 0.846. The Balaban J connectivity index is 2.36. The number of methoxy groups -OCH3 is 2. The average Bonchev–Trinajstić information content (AvgIpc) is 2.59. The Labute approximate surface area is 130 Å². The molecule has 1 unspecified atom stereocenters. The summed E-state index contributed by atoms with van der Waals surface area (Å²) >= 11 is 0. The Bertz CT molecular complexity index is 741. The van der Waals surface area contributed by atoms with E-state index in [4.69, 9.17) is 14.7 Å². The molecule has 0 saturated heterocycles. The van der Waals surface area contributed by atoms with Gasteiger partial charge in [0.25, 0.3) is 0 Å². The molecule has 0 saturated carbocycles. The third kappa shape index (κ3) is 3.37. The number of benzene rings is 2. The van der Waals surface area contributed by atoms with Crippen molar-refractivity contribution in [3.05, 3.63) is 59.2 Å². The van der Waals surface area contributed by atoms with E-state index < -0.39 is 0 Å². The van der Waals surface area contributed by atoms with E-state index in [1.54, 1.807) is 38.5 Å². The van der Waals surface area contributed by atoms with Crippen LogP contribution >= 0.6 is 0 Å². The Morgan fingerprint density at radius 1 is 1.05 bits per heavy atom. The van der Waals surface area contributed by atoms with Gasteiger partial charge in [-0.1, -0.05) is 12.1 Å². The molecule has 4 nitrogen and oxygen atoms in total. The summed E-state index contributed by atoms with van der Waals surface area (Å²) in [6.45, 7) is 0. The highest BCUT2D eigenvalue weighted by atomic mass is 16.5. The lowest BCUT2D eigenvalue weighted by Crippen LogP contribution is -2.04. The zero-order valence-corrected chi connectivity index (χ0v) is 12.5. The van der Waals surface area contributed by atoms with Crippen LogP contribution in [0.3, 0.4) is 0 Å². The van der Waals surface area contributed by atoms with Crippen LogP contribution in [-0.4, -0.2) is 14.2 Å². The Morgan fingerprint density at radius 2 is 1.86 bits per heavy atom. The van der Waals surface area contributed by atoms with E-state index in [1.165, 1.54) is 0 Å². The van der Waals surface area contributed by atoms with Gasteiger partial charge in [0, 0.05) is 5.56 Å². The molecule has 0 heterocycles. The molecule has 0 spiro atoms. The van der Waals surface area contributed by atoms with Gasteiger partial charge in [0.1, 0.15) is 11.5 Å². The van der Waals surface area contributed by atoms with Crippen molar-refractivity contribution >= 4 is 0 Å². The first-order valence-electron chi connectivity index (χ1n) is 6.82. The molecule has 0 aliphatic rings. The molecule has 2 aromatic rings. The molecule has 0 amide bonds. The predicted octanol–water partition coefficient (Wildman–Crippen LogP) is 3.43. The van der Waals surface area contributed by atoms with E-state index in [2.05, 4.69) is 12.1 Å². The van der Waals surface area contributed by atoms with Crippen molar-refractivity contribution in [2.45, 2.75) is 12.3 Å². The maximum absolute atomic E-state index is 9.54. The zero-order valence-electron chi connectivity index (χ0n) is 12.5. The lowest BCUT2D eigenvalue weighted by atomic mass is 9.92. The molecule has 0 radical (unpaired) electrons. The second-order valence-electron chi connectivity index (χ2n) is 4.81. The summed E-state index contributed by atoms with van der Waals surface area (Å²) < 4.78 is 10.6. The molecular formula is C18H16N2O2. The molecule has 0 bridgehead atoms. The molecule has 2 rings (SSSR count). The smallest absolute Gasteiger partial charge is 0.123 e. The highest BCUT2D eigenvalue weighted by Crippen LogP contribution is 2.32. The highest BCUT2D eigenvalue weighted by Gasteiger charge is 2.17. The van der Waals surface area contributed by atoms with Gasteiger partial charge >= 0.3 is 0 Å². The number of rotatable bonds is 5. The monoisotopic (exact) mass is 292 g/mol. The first-order chi connectivity index (χ1) is 10.7. The summed E-state index contributed by atoms with van der Waals surface area (Å²) in [5, 5.41) is 18.5. The molecule has 0 aliphatic heterocycles. The van der Waals surface area contributed by atoms with Gasteiger partial charge in [0.2, 0.25) is 0 Å². The first kappa shape index (κ1) is 15.4. The van der Waals surface area contributed by atoms with Crippen molar-refractivity contribution in [2.75, 3.05) is 14.2 Å². The number of ether oxygens (including phenoxy) is 2. The summed E-state index contributed by atoms with van der Waals surface area (Å²) in [5.41, 5.74) is 2.31. The van der Waals surface area contributed by atoms with Crippen molar-refractivity contribution in [2.24, 2.45) is 0 Å². The standard InChI is InChI=1S/C18H16N2O2/c1-21-16-6-7-18(22-2)17(10-16)15(12-20)9-13-4-3-5-14(8-13)11-19/h3-8,10,15H,9H2,1-2H3. The fraction of sp³-hybridized carbons (Fsp3) is 0.222. The van der Waals surface area contributed by atoms with Gasteiger partial charge < -0.3 is 9.47 Å². The number of hydrogen-bond acceptors (Lipinski definition) is 4. The van der Waals surface area contributed by atoms with Crippen LogP contribution < -0.4 is 9.47 Å². The van der Waals surface area contributed by atoms with E-state index in [-0.39, 0.29) is 5.92 Å². The summed E-state index contributed by atoms with van der Waals surface area (Å²) in [6.07, 6.45) is 0.509. The van der Waals surface area contributed by atoms with Gasteiger partial charge in [0.15, 0.2) is 0 Å².